The lowest BCUT2D eigenvalue weighted by atomic mass is 10.2. The lowest BCUT2D eigenvalue weighted by molar-refractivity contribution is 0.776. The number of nitrogens with zero attached hydrogens (tertiary/aromatic N) is 3. The van der Waals surface area contributed by atoms with E-state index in [2.05, 4.69) is 45.0 Å². The number of thiazole rings is 2. The maximum Gasteiger partial charge on any atom is 0.191 e. The number of benzene rings is 1. The van der Waals surface area contributed by atoms with Crippen LogP contribution in [0.4, 0.5) is 0 Å². The summed E-state index contributed by atoms with van der Waals surface area (Å²) in [6, 6.07) is 10.3. The van der Waals surface area contributed by atoms with Crippen LogP contribution in [0.25, 0.3) is 10.6 Å². The lowest BCUT2D eigenvalue weighted by Crippen LogP contribution is -2.39. The monoisotopic (exact) mass is 385 g/mol. The number of aryl methyl sites for hydroxylation is 1. The molecule has 2 aromatic heterocycles. The molecule has 5 nitrogen and oxygen atoms in total. The van der Waals surface area contributed by atoms with Crippen molar-refractivity contribution in [2.45, 2.75) is 19.8 Å². The van der Waals surface area contributed by atoms with E-state index in [4.69, 9.17) is 4.98 Å². The summed E-state index contributed by atoms with van der Waals surface area (Å²) in [5.41, 5.74) is 2.28. The maximum atomic E-state index is 4.72. The van der Waals surface area contributed by atoms with Crippen molar-refractivity contribution in [3.63, 3.8) is 0 Å². The Balaban J connectivity index is 1.41. The Kier molecular flexibility index (Phi) is 6.74. The van der Waals surface area contributed by atoms with Gasteiger partial charge in [-0.05, 0) is 6.92 Å². The van der Waals surface area contributed by atoms with Crippen LogP contribution in [0.2, 0.25) is 0 Å². The van der Waals surface area contributed by atoms with Crippen molar-refractivity contribution in [2.75, 3.05) is 20.1 Å². The van der Waals surface area contributed by atoms with Gasteiger partial charge >= 0.3 is 0 Å². The zero-order chi connectivity index (χ0) is 18.2. The van der Waals surface area contributed by atoms with Gasteiger partial charge in [0.1, 0.15) is 5.01 Å². The molecule has 0 aliphatic rings. The summed E-state index contributed by atoms with van der Waals surface area (Å²) in [4.78, 5) is 14.6. The fourth-order valence-corrected chi connectivity index (χ4v) is 4.12. The molecule has 0 aliphatic heterocycles. The number of aromatic nitrogens is 2. The Hall–Kier alpha value is -2.25. The summed E-state index contributed by atoms with van der Waals surface area (Å²) >= 11 is 3.43. The van der Waals surface area contributed by atoms with E-state index < -0.39 is 0 Å². The van der Waals surface area contributed by atoms with Gasteiger partial charge in [-0.25, -0.2) is 9.97 Å². The second kappa shape index (κ2) is 9.45. The first-order chi connectivity index (χ1) is 12.7. The van der Waals surface area contributed by atoms with Gasteiger partial charge in [0.2, 0.25) is 0 Å². The van der Waals surface area contributed by atoms with E-state index in [1.807, 2.05) is 24.4 Å². The summed E-state index contributed by atoms with van der Waals surface area (Å²) in [6.45, 7) is 3.70. The molecule has 1 aromatic carbocycles. The third-order valence-corrected chi connectivity index (χ3v) is 5.68. The predicted molar refractivity (Wildman–Crippen MR) is 111 cm³/mol. The largest absolute Gasteiger partial charge is 0.356 e. The molecule has 0 radical (unpaired) electrons. The van der Waals surface area contributed by atoms with Crippen molar-refractivity contribution in [1.29, 1.82) is 0 Å². The third kappa shape index (κ3) is 5.37. The SMILES string of the molecule is CN=C(NCCc1csc(-c2ccccc2)n1)NCCc1ncc(C)s1. The number of rotatable bonds is 7. The second-order valence-corrected chi connectivity index (χ2v) is 7.98. The minimum atomic E-state index is 0.800. The van der Waals surface area contributed by atoms with E-state index in [0.717, 1.165) is 47.6 Å². The van der Waals surface area contributed by atoms with Crippen LogP contribution < -0.4 is 10.6 Å². The number of nitrogens with one attached hydrogen (secondary N) is 2. The number of guanidine groups is 1. The van der Waals surface area contributed by atoms with Crippen LogP contribution in [0.3, 0.4) is 0 Å². The minimum absolute atomic E-state index is 0.800. The molecule has 0 spiro atoms. The van der Waals surface area contributed by atoms with Gasteiger partial charge in [-0.2, -0.15) is 0 Å². The quantitative estimate of drug-likeness (QED) is 0.482. The fraction of sp³-hybridized carbons (Fsp3) is 0.316. The first-order valence-electron chi connectivity index (χ1n) is 8.60. The molecule has 7 heteroatoms. The van der Waals surface area contributed by atoms with E-state index in [1.165, 1.54) is 10.4 Å². The van der Waals surface area contributed by atoms with Crippen molar-refractivity contribution < 1.29 is 0 Å². The van der Waals surface area contributed by atoms with E-state index in [1.54, 1.807) is 29.7 Å². The Morgan fingerprint density at radius 3 is 2.58 bits per heavy atom. The summed E-state index contributed by atoms with van der Waals surface area (Å²) in [7, 11) is 1.79. The molecule has 136 valence electrons. The van der Waals surface area contributed by atoms with Crippen LogP contribution in [0, 0.1) is 6.92 Å². The van der Waals surface area contributed by atoms with Gasteiger partial charge in [-0.15, -0.1) is 22.7 Å². The van der Waals surface area contributed by atoms with Crippen LogP contribution in [-0.4, -0.2) is 36.1 Å². The molecule has 0 bridgehead atoms. The van der Waals surface area contributed by atoms with E-state index >= 15 is 0 Å². The van der Waals surface area contributed by atoms with Crippen molar-refractivity contribution in [3.05, 3.63) is 57.5 Å². The Morgan fingerprint density at radius 1 is 1.12 bits per heavy atom. The van der Waals surface area contributed by atoms with Crippen LogP contribution in [0.1, 0.15) is 15.6 Å². The van der Waals surface area contributed by atoms with E-state index in [-0.39, 0.29) is 0 Å². The van der Waals surface area contributed by atoms with E-state index in [9.17, 15) is 0 Å². The number of hydrogen-bond donors (Lipinski definition) is 2. The zero-order valence-electron chi connectivity index (χ0n) is 15.0. The minimum Gasteiger partial charge on any atom is -0.356 e. The standard InChI is InChI=1S/C19H23N5S2/c1-14-12-23-17(26-14)9-11-22-19(20-2)21-10-8-16-13-25-18(24-16)15-6-4-3-5-7-15/h3-7,12-13H,8-11H2,1-2H3,(H2,20,21,22). The highest BCUT2D eigenvalue weighted by Gasteiger charge is 2.05. The maximum absolute atomic E-state index is 4.72. The van der Waals surface area contributed by atoms with Gasteiger partial charge in [-0.3, -0.25) is 4.99 Å². The molecule has 0 saturated carbocycles. The average molecular weight is 386 g/mol. The summed E-state index contributed by atoms with van der Waals surface area (Å²) in [5.74, 6) is 0.816. The fourth-order valence-electron chi connectivity index (χ4n) is 2.47. The van der Waals surface area contributed by atoms with E-state index in [0.29, 0.717) is 0 Å². The summed E-state index contributed by atoms with van der Waals surface area (Å²) in [5, 5.41) is 11.0. The highest BCUT2D eigenvalue weighted by atomic mass is 32.1. The molecule has 0 unspecified atom stereocenters. The molecule has 3 rings (SSSR count). The molecule has 0 fully saturated rings. The number of hydrogen-bond acceptors (Lipinski definition) is 5. The van der Waals surface area contributed by atoms with Crippen molar-refractivity contribution in [3.8, 4) is 10.6 Å². The summed E-state index contributed by atoms with van der Waals surface area (Å²) < 4.78 is 0. The highest BCUT2D eigenvalue weighted by Crippen LogP contribution is 2.23. The molecule has 0 atom stereocenters. The molecule has 0 aliphatic carbocycles. The van der Waals surface area contributed by atoms with Gasteiger partial charge in [0.05, 0.1) is 10.7 Å². The number of aliphatic imine (C=N–C) groups is 1. The Bertz CT molecular complexity index is 839. The van der Waals surface area contributed by atoms with Gasteiger partial charge in [0, 0.05) is 55.0 Å². The molecule has 2 heterocycles. The molecule has 0 amide bonds. The lowest BCUT2D eigenvalue weighted by Gasteiger charge is -2.10. The molecule has 3 aromatic rings. The molecular formula is C19H23N5S2. The molecule has 2 N–H and O–H groups in total. The molecule has 26 heavy (non-hydrogen) atoms. The smallest absolute Gasteiger partial charge is 0.191 e. The molecular weight excluding hydrogens is 362 g/mol. The third-order valence-electron chi connectivity index (χ3n) is 3.77. The van der Waals surface area contributed by atoms with Crippen LogP contribution >= 0.6 is 22.7 Å². The summed E-state index contributed by atoms with van der Waals surface area (Å²) in [6.07, 6.45) is 3.70. The van der Waals surface area contributed by atoms with Gasteiger partial charge in [-0.1, -0.05) is 30.3 Å². The highest BCUT2D eigenvalue weighted by molar-refractivity contribution is 7.13. The van der Waals surface area contributed by atoms with Crippen LogP contribution in [0.5, 0.6) is 0 Å². The molecule has 0 saturated heterocycles. The predicted octanol–water partition coefficient (Wildman–Crippen LogP) is 3.53. The van der Waals surface area contributed by atoms with Gasteiger partial charge in [0.25, 0.3) is 0 Å². The van der Waals surface area contributed by atoms with Crippen LogP contribution in [-0.2, 0) is 12.8 Å². The van der Waals surface area contributed by atoms with Gasteiger partial charge in [0.15, 0.2) is 5.96 Å². The zero-order valence-corrected chi connectivity index (χ0v) is 16.7. The average Bonchev–Trinajstić information content (AvgIpc) is 3.30. The topological polar surface area (TPSA) is 62.2 Å². The normalized spacial score (nSPS) is 11.5. The first-order valence-corrected chi connectivity index (χ1v) is 10.3. The van der Waals surface area contributed by atoms with Crippen molar-refractivity contribution in [1.82, 2.24) is 20.6 Å². The van der Waals surface area contributed by atoms with Crippen molar-refractivity contribution >= 4 is 28.6 Å². The van der Waals surface area contributed by atoms with Crippen molar-refractivity contribution in [2.24, 2.45) is 4.99 Å². The first kappa shape index (κ1) is 18.5. The van der Waals surface area contributed by atoms with Crippen LogP contribution in [0.15, 0.2) is 46.9 Å². The van der Waals surface area contributed by atoms with Gasteiger partial charge < -0.3 is 10.6 Å². The second-order valence-electron chi connectivity index (χ2n) is 5.80. The Morgan fingerprint density at radius 2 is 1.88 bits per heavy atom. The Labute approximate surface area is 162 Å².